The smallest absolute Gasteiger partial charge is 0.139 e. The van der Waals surface area contributed by atoms with E-state index in [1.165, 1.54) is 17.9 Å². The molecule has 2 aliphatic carbocycles. The lowest BCUT2D eigenvalue weighted by Gasteiger charge is -2.31. The van der Waals surface area contributed by atoms with Crippen molar-refractivity contribution in [1.82, 2.24) is 0 Å². The van der Waals surface area contributed by atoms with Crippen LogP contribution in [0.2, 0.25) is 0 Å². The van der Waals surface area contributed by atoms with E-state index in [-0.39, 0.29) is 5.41 Å². The molecular weight excluding hydrogens is 224 g/mol. The molecule has 1 heterocycles. The molecule has 0 bridgehead atoms. The van der Waals surface area contributed by atoms with Crippen molar-refractivity contribution in [2.45, 2.75) is 43.6 Å². The molecule has 0 aromatic heterocycles. The Morgan fingerprint density at radius 3 is 2.40 bits per heavy atom. The predicted octanol–water partition coefficient (Wildman–Crippen LogP) is 3.33. The van der Waals surface area contributed by atoms with Crippen LogP contribution in [0.5, 0.6) is 0 Å². The summed E-state index contributed by atoms with van der Waals surface area (Å²) in [6.07, 6.45) is 4.35. The van der Waals surface area contributed by atoms with Crippen LogP contribution < -0.4 is 0 Å². The van der Waals surface area contributed by atoms with Gasteiger partial charge in [-0.2, -0.15) is 0 Å². The van der Waals surface area contributed by atoms with E-state index >= 15 is 0 Å². The SMILES string of the molecule is C[C@@]12CCC(=O)[C@]1(C)CC1(C2)SCCS1. The van der Waals surface area contributed by atoms with Gasteiger partial charge >= 0.3 is 0 Å². The predicted molar refractivity (Wildman–Crippen MR) is 67.3 cm³/mol. The molecule has 3 heteroatoms. The van der Waals surface area contributed by atoms with E-state index in [1.807, 2.05) is 0 Å². The zero-order chi connectivity index (χ0) is 10.7. The lowest BCUT2D eigenvalue weighted by atomic mass is 9.70. The lowest BCUT2D eigenvalue weighted by Crippen LogP contribution is -2.31. The summed E-state index contributed by atoms with van der Waals surface area (Å²) in [7, 11) is 0. The van der Waals surface area contributed by atoms with Crippen LogP contribution in [0.25, 0.3) is 0 Å². The van der Waals surface area contributed by atoms with Gasteiger partial charge in [0.25, 0.3) is 0 Å². The Morgan fingerprint density at radius 1 is 1.13 bits per heavy atom. The average molecular weight is 242 g/mol. The van der Waals surface area contributed by atoms with E-state index in [4.69, 9.17) is 0 Å². The Hall–Kier alpha value is 0.370. The Morgan fingerprint density at radius 2 is 1.80 bits per heavy atom. The van der Waals surface area contributed by atoms with Crippen LogP contribution in [-0.4, -0.2) is 21.4 Å². The van der Waals surface area contributed by atoms with Gasteiger partial charge in [0.1, 0.15) is 5.78 Å². The molecule has 0 aromatic rings. The Labute approximate surface area is 100 Å². The number of Topliss-reactive ketones (excluding diaryl/α,β-unsaturated/α-hetero) is 1. The Balaban J connectivity index is 1.98. The molecule has 3 rings (SSSR count). The molecule has 0 aromatic carbocycles. The van der Waals surface area contributed by atoms with E-state index in [2.05, 4.69) is 37.4 Å². The number of hydrogen-bond acceptors (Lipinski definition) is 3. The molecule has 3 fully saturated rings. The highest BCUT2D eigenvalue weighted by Crippen LogP contribution is 2.71. The molecule has 0 amide bonds. The number of fused-ring (bicyclic) bond motifs is 1. The minimum atomic E-state index is -0.00264. The van der Waals surface area contributed by atoms with Crippen LogP contribution in [-0.2, 0) is 4.79 Å². The largest absolute Gasteiger partial charge is 0.299 e. The standard InChI is InChI=1S/C12H18OS2/c1-10-4-3-9(13)11(10,2)8-12(7-10)14-5-6-15-12/h3-8H2,1-2H3/t10-,11-/m0/s1. The molecule has 0 radical (unpaired) electrons. The van der Waals surface area contributed by atoms with Gasteiger partial charge in [-0.1, -0.05) is 13.8 Å². The molecular formula is C12H18OS2. The molecule has 2 atom stereocenters. The lowest BCUT2D eigenvalue weighted by molar-refractivity contribution is -0.127. The first kappa shape index (κ1) is 10.5. The molecule has 15 heavy (non-hydrogen) atoms. The summed E-state index contributed by atoms with van der Waals surface area (Å²) < 4.78 is 0.402. The van der Waals surface area contributed by atoms with Gasteiger partial charge in [0.15, 0.2) is 0 Å². The van der Waals surface area contributed by atoms with Crippen molar-refractivity contribution < 1.29 is 4.79 Å². The number of ketones is 1. The van der Waals surface area contributed by atoms with Gasteiger partial charge in [0.05, 0.1) is 4.08 Å². The third-order valence-corrected chi connectivity index (χ3v) is 8.36. The third kappa shape index (κ3) is 1.22. The van der Waals surface area contributed by atoms with Gasteiger partial charge in [-0.3, -0.25) is 4.79 Å². The minimum absolute atomic E-state index is 0.00264. The summed E-state index contributed by atoms with van der Waals surface area (Å²) in [6.45, 7) is 4.59. The minimum Gasteiger partial charge on any atom is -0.299 e. The first-order valence-corrected chi connectivity index (χ1v) is 7.78. The maximum absolute atomic E-state index is 12.1. The summed E-state index contributed by atoms with van der Waals surface area (Å²) in [5, 5.41) is 0. The highest BCUT2D eigenvalue weighted by atomic mass is 32.2. The fourth-order valence-electron chi connectivity index (χ4n) is 3.77. The molecule has 84 valence electrons. The van der Waals surface area contributed by atoms with Crippen molar-refractivity contribution in [2.75, 3.05) is 11.5 Å². The monoisotopic (exact) mass is 242 g/mol. The topological polar surface area (TPSA) is 17.1 Å². The van der Waals surface area contributed by atoms with Crippen molar-refractivity contribution in [1.29, 1.82) is 0 Å². The summed E-state index contributed by atoms with van der Waals surface area (Å²) in [6, 6.07) is 0. The maximum atomic E-state index is 12.1. The van der Waals surface area contributed by atoms with Crippen LogP contribution in [0.3, 0.4) is 0 Å². The number of carbonyl (C=O) groups is 1. The van der Waals surface area contributed by atoms with Gasteiger partial charge in [-0.25, -0.2) is 0 Å². The first-order valence-electron chi connectivity index (χ1n) is 5.81. The van der Waals surface area contributed by atoms with Crippen molar-refractivity contribution in [2.24, 2.45) is 10.8 Å². The van der Waals surface area contributed by atoms with Crippen molar-refractivity contribution in [3.8, 4) is 0 Å². The summed E-state index contributed by atoms with van der Waals surface area (Å²) in [5.74, 6) is 3.10. The van der Waals surface area contributed by atoms with Gasteiger partial charge < -0.3 is 0 Å². The number of hydrogen-bond donors (Lipinski definition) is 0. The highest BCUT2D eigenvalue weighted by Gasteiger charge is 2.65. The van der Waals surface area contributed by atoms with Crippen LogP contribution in [0.15, 0.2) is 0 Å². The van der Waals surface area contributed by atoms with Gasteiger partial charge in [0.2, 0.25) is 0 Å². The van der Waals surface area contributed by atoms with Crippen LogP contribution in [0, 0.1) is 10.8 Å². The summed E-state index contributed by atoms with van der Waals surface area (Å²) in [4.78, 5) is 12.1. The van der Waals surface area contributed by atoms with E-state index < -0.39 is 0 Å². The zero-order valence-corrected chi connectivity index (χ0v) is 11.1. The average Bonchev–Trinajstić information content (AvgIpc) is 2.74. The molecule has 1 saturated heterocycles. The molecule has 0 N–H and O–H groups in total. The first-order chi connectivity index (χ1) is 7.00. The highest BCUT2D eigenvalue weighted by molar-refractivity contribution is 8.21. The fraction of sp³-hybridized carbons (Fsp3) is 0.917. The van der Waals surface area contributed by atoms with E-state index in [9.17, 15) is 4.79 Å². The van der Waals surface area contributed by atoms with Crippen LogP contribution >= 0.6 is 23.5 Å². The zero-order valence-electron chi connectivity index (χ0n) is 9.47. The molecule has 3 aliphatic rings. The van der Waals surface area contributed by atoms with Gasteiger partial charge in [-0.15, -0.1) is 23.5 Å². The molecule has 1 spiro atoms. The van der Waals surface area contributed by atoms with Crippen molar-refractivity contribution in [3.63, 3.8) is 0 Å². The van der Waals surface area contributed by atoms with Gasteiger partial charge in [-0.05, 0) is 24.7 Å². The van der Waals surface area contributed by atoms with Gasteiger partial charge in [0, 0.05) is 23.3 Å². The third-order valence-electron chi connectivity index (χ3n) is 4.95. The second-order valence-electron chi connectivity index (χ2n) is 5.78. The normalized spacial score (nSPS) is 47.7. The molecule has 1 nitrogen and oxygen atoms in total. The van der Waals surface area contributed by atoms with Crippen molar-refractivity contribution in [3.05, 3.63) is 0 Å². The molecule has 0 unspecified atom stereocenters. The molecule has 2 saturated carbocycles. The summed E-state index contributed by atoms with van der Waals surface area (Å²) in [5.41, 5.74) is 0.297. The fourth-order valence-corrected chi connectivity index (χ4v) is 7.64. The quantitative estimate of drug-likeness (QED) is 0.648. The number of rotatable bonds is 0. The number of thioether (sulfide) groups is 2. The Bertz CT molecular complexity index is 322. The Kier molecular flexibility index (Phi) is 2.09. The molecule has 1 aliphatic heterocycles. The van der Waals surface area contributed by atoms with Crippen molar-refractivity contribution >= 4 is 29.3 Å². The van der Waals surface area contributed by atoms with E-state index in [0.717, 1.165) is 19.3 Å². The van der Waals surface area contributed by atoms with E-state index in [1.54, 1.807) is 0 Å². The second kappa shape index (κ2) is 2.98. The maximum Gasteiger partial charge on any atom is 0.139 e. The summed E-state index contributed by atoms with van der Waals surface area (Å²) >= 11 is 4.24. The van der Waals surface area contributed by atoms with E-state index in [0.29, 0.717) is 15.3 Å². The van der Waals surface area contributed by atoms with Crippen LogP contribution in [0.1, 0.15) is 39.5 Å². The van der Waals surface area contributed by atoms with Crippen LogP contribution in [0.4, 0.5) is 0 Å². The second-order valence-corrected chi connectivity index (χ2v) is 8.99. The number of carbonyl (C=O) groups excluding carboxylic acids is 1.